The standard InChI is InChI=1S/C14H28O3Si/c1-4-7-15-14(17-18-10(2)3)9-11-5-6-12-13(8-11)16-12/h10-14H,4-9,18H2,1-3H3. The number of epoxide rings is 1. The van der Waals surface area contributed by atoms with Crippen LogP contribution in [0.1, 0.15) is 52.9 Å². The molecule has 0 aromatic rings. The minimum atomic E-state index is -0.435. The third kappa shape index (κ3) is 4.65. The highest BCUT2D eigenvalue weighted by Crippen LogP contribution is 2.41. The predicted octanol–water partition coefficient (Wildman–Crippen LogP) is 2.63. The molecule has 2 rings (SSSR count). The second-order valence-electron chi connectivity index (χ2n) is 6.16. The Balaban J connectivity index is 1.71. The molecular weight excluding hydrogens is 244 g/mol. The fraction of sp³-hybridized carbons (Fsp3) is 1.00. The lowest BCUT2D eigenvalue weighted by atomic mass is 9.87. The van der Waals surface area contributed by atoms with Crippen LogP contribution in [-0.2, 0) is 13.9 Å². The zero-order valence-corrected chi connectivity index (χ0v) is 13.5. The van der Waals surface area contributed by atoms with Gasteiger partial charge in [0.2, 0.25) is 0 Å². The SMILES string of the molecule is CCCOC(CC1CCC2OC2C1)O[SiH2]C(C)C. The van der Waals surface area contributed by atoms with Crippen molar-refractivity contribution >= 4 is 9.76 Å². The van der Waals surface area contributed by atoms with Gasteiger partial charge in [0.05, 0.1) is 12.2 Å². The smallest absolute Gasteiger partial charge is 0.167 e. The second kappa shape index (κ2) is 7.03. The van der Waals surface area contributed by atoms with Gasteiger partial charge >= 0.3 is 0 Å². The Labute approximate surface area is 114 Å². The van der Waals surface area contributed by atoms with Gasteiger partial charge < -0.3 is 13.9 Å². The van der Waals surface area contributed by atoms with Gasteiger partial charge in [-0.3, -0.25) is 0 Å². The molecule has 0 radical (unpaired) electrons. The second-order valence-corrected chi connectivity index (χ2v) is 8.45. The van der Waals surface area contributed by atoms with E-state index in [0.29, 0.717) is 17.7 Å². The third-order valence-corrected chi connectivity index (χ3v) is 4.99. The zero-order chi connectivity index (χ0) is 13.0. The van der Waals surface area contributed by atoms with Gasteiger partial charge in [0.1, 0.15) is 6.29 Å². The van der Waals surface area contributed by atoms with Crippen molar-refractivity contribution in [2.45, 2.75) is 76.9 Å². The number of ether oxygens (including phenoxy) is 2. The van der Waals surface area contributed by atoms with Crippen LogP contribution in [0, 0.1) is 5.92 Å². The minimum absolute atomic E-state index is 0.0549. The Kier molecular flexibility index (Phi) is 5.67. The monoisotopic (exact) mass is 272 g/mol. The van der Waals surface area contributed by atoms with Crippen molar-refractivity contribution in [2.24, 2.45) is 5.92 Å². The van der Waals surface area contributed by atoms with E-state index in [1.807, 2.05) is 0 Å². The summed E-state index contributed by atoms with van der Waals surface area (Å²) in [6.07, 6.45) is 7.13. The summed E-state index contributed by atoms with van der Waals surface area (Å²) >= 11 is 0. The molecule has 1 saturated carbocycles. The fourth-order valence-electron chi connectivity index (χ4n) is 2.71. The lowest BCUT2D eigenvalue weighted by molar-refractivity contribution is -0.0943. The van der Waals surface area contributed by atoms with E-state index in [1.165, 1.54) is 19.3 Å². The molecule has 2 aliphatic rings. The average molecular weight is 272 g/mol. The van der Waals surface area contributed by atoms with E-state index in [1.54, 1.807) is 0 Å². The molecule has 4 heteroatoms. The first-order chi connectivity index (χ1) is 8.69. The molecule has 0 spiro atoms. The Bertz CT molecular complexity index is 247. The Hall–Kier alpha value is 0.0969. The molecule has 1 saturated heterocycles. The van der Waals surface area contributed by atoms with Crippen LogP contribution >= 0.6 is 0 Å². The summed E-state index contributed by atoms with van der Waals surface area (Å²) in [5.41, 5.74) is 0.709. The Morgan fingerprint density at radius 3 is 2.78 bits per heavy atom. The van der Waals surface area contributed by atoms with E-state index in [4.69, 9.17) is 13.9 Å². The van der Waals surface area contributed by atoms with E-state index in [9.17, 15) is 0 Å². The molecule has 0 bridgehead atoms. The lowest BCUT2D eigenvalue weighted by Crippen LogP contribution is -2.26. The van der Waals surface area contributed by atoms with Crippen LogP contribution in [0.25, 0.3) is 0 Å². The minimum Gasteiger partial charge on any atom is -0.399 e. The zero-order valence-electron chi connectivity index (χ0n) is 12.1. The van der Waals surface area contributed by atoms with E-state index in [2.05, 4.69) is 20.8 Å². The summed E-state index contributed by atoms with van der Waals surface area (Å²) < 4.78 is 17.5. The molecule has 4 atom stereocenters. The molecule has 0 aromatic carbocycles. The first kappa shape index (κ1) is 14.5. The van der Waals surface area contributed by atoms with Crippen molar-refractivity contribution in [3.63, 3.8) is 0 Å². The highest BCUT2D eigenvalue weighted by atomic mass is 28.2. The summed E-state index contributed by atoms with van der Waals surface area (Å²) in [6, 6.07) is 0. The molecule has 1 aliphatic heterocycles. The highest BCUT2D eigenvalue weighted by Gasteiger charge is 2.44. The molecular formula is C14H28O3Si. The van der Waals surface area contributed by atoms with Gasteiger partial charge in [-0.1, -0.05) is 20.8 Å². The van der Waals surface area contributed by atoms with Crippen LogP contribution in [0.15, 0.2) is 0 Å². The third-order valence-electron chi connectivity index (χ3n) is 3.76. The first-order valence-corrected chi connectivity index (χ1v) is 8.97. The van der Waals surface area contributed by atoms with Crippen LogP contribution in [0.4, 0.5) is 0 Å². The maximum absolute atomic E-state index is 6.03. The summed E-state index contributed by atoms with van der Waals surface area (Å²) in [6.45, 7) is 7.46. The number of hydrogen-bond donors (Lipinski definition) is 0. The molecule has 1 heterocycles. The van der Waals surface area contributed by atoms with Gasteiger partial charge in [-0.05, 0) is 37.1 Å². The van der Waals surface area contributed by atoms with Gasteiger partial charge in [-0.25, -0.2) is 0 Å². The fourth-order valence-corrected chi connectivity index (χ4v) is 3.54. The Morgan fingerprint density at radius 2 is 2.11 bits per heavy atom. The number of fused-ring (bicyclic) bond motifs is 1. The van der Waals surface area contributed by atoms with Crippen molar-refractivity contribution < 1.29 is 13.9 Å². The molecule has 106 valence electrons. The molecule has 1 aliphatic carbocycles. The topological polar surface area (TPSA) is 31.0 Å². The van der Waals surface area contributed by atoms with Gasteiger partial charge in [-0.15, -0.1) is 0 Å². The summed E-state index contributed by atoms with van der Waals surface area (Å²) in [7, 11) is -0.435. The van der Waals surface area contributed by atoms with Crippen molar-refractivity contribution in [1.82, 2.24) is 0 Å². The van der Waals surface area contributed by atoms with E-state index in [0.717, 1.165) is 25.4 Å². The van der Waals surface area contributed by atoms with E-state index >= 15 is 0 Å². The quantitative estimate of drug-likeness (QED) is 0.387. The maximum atomic E-state index is 6.03. The van der Waals surface area contributed by atoms with E-state index in [-0.39, 0.29) is 6.29 Å². The van der Waals surface area contributed by atoms with Gasteiger partial charge in [-0.2, -0.15) is 0 Å². The van der Waals surface area contributed by atoms with Crippen LogP contribution in [0.5, 0.6) is 0 Å². The number of rotatable bonds is 8. The largest absolute Gasteiger partial charge is 0.399 e. The van der Waals surface area contributed by atoms with Crippen molar-refractivity contribution in [3.05, 3.63) is 0 Å². The van der Waals surface area contributed by atoms with Crippen LogP contribution in [0.3, 0.4) is 0 Å². The molecule has 3 nitrogen and oxygen atoms in total. The summed E-state index contributed by atoms with van der Waals surface area (Å²) in [5, 5.41) is 0. The molecule has 0 aromatic heterocycles. The normalized spacial score (nSPS) is 33.0. The maximum Gasteiger partial charge on any atom is 0.167 e. The van der Waals surface area contributed by atoms with Crippen molar-refractivity contribution in [2.75, 3.05) is 6.61 Å². The van der Waals surface area contributed by atoms with Crippen LogP contribution in [0.2, 0.25) is 5.54 Å². The van der Waals surface area contributed by atoms with Crippen molar-refractivity contribution in [1.29, 1.82) is 0 Å². The molecule has 0 N–H and O–H groups in total. The molecule has 0 amide bonds. The van der Waals surface area contributed by atoms with Crippen molar-refractivity contribution in [3.8, 4) is 0 Å². The molecule has 2 fully saturated rings. The highest BCUT2D eigenvalue weighted by molar-refractivity contribution is 6.29. The van der Waals surface area contributed by atoms with Gasteiger partial charge in [0.25, 0.3) is 0 Å². The lowest BCUT2D eigenvalue weighted by Gasteiger charge is -2.26. The Morgan fingerprint density at radius 1 is 1.28 bits per heavy atom. The first-order valence-electron chi connectivity index (χ1n) is 7.57. The van der Waals surface area contributed by atoms with Crippen LogP contribution < -0.4 is 0 Å². The average Bonchev–Trinajstić information content (AvgIpc) is 3.10. The summed E-state index contributed by atoms with van der Waals surface area (Å²) in [5.74, 6) is 0.747. The molecule has 18 heavy (non-hydrogen) atoms. The number of hydrogen-bond acceptors (Lipinski definition) is 3. The predicted molar refractivity (Wildman–Crippen MR) is 75.4 cm³/mol. The van der Waals surface area contributed by atoms with Gasteiger partial charge in [0, 0.05) is 13.0 Å². The molecule has 4 unspecified atom stereocenters. The van der Waals surface area contributed by atoms with Gasteiger partial charge in [0.15, 0.2) is 9.76 Å². The van der Waals surface area contributed by atoms with E-state index < -0.39 is 9.76 Å². The summed E-state index contributed by atoms with van der Waals surface area (Å²) in [4.78, 5) is 0. The van der Waals surface area contributed by atoms with Crippen LogP contribution in [-0.4, -0.2) is 34.9 Å².